The van der Waals surface area contributed by atoms with Crippen LogP contribution in [0.5, 0.6) is 5.75 Å². The molecule has 0 aromatic heterocycles. The van der Waals surface area contributed by atoms with Gasteiger partial charge in [-0.15, -0.1) is 17.4 Å². The van der Waals surface area contributed by atoms with E-state index in [-0.39, 0.29) is 5.75 Å². The lowest BCUT2D eigenvalue weighted by Gasteiger charge is -2.10. The van der Waals surface area contributed by atoms with Crippen molar-refractivity contribution in [3.8, 4) is 5.75 Å². The molecule has 1 aromatic rings. The van der Waals surface area contributed by atoms with E-state index in [0.29, 0.717) is 4.86 Å². The molecule has 0 saturated carbocycles. The summed E-state index contributed by atoms with van der Waals surface area (Å²) in [5.74, 6) is -0.204. The number of benzene rings is 1. The van der Waals surface area contributed by atoms with Crippen molar-refractivity contribution in [3.63, 3.8) is 0 Å². The predicted molar refractivity (Wildman–Crippen MR) is 48.7 cm³/mol. The Morgan fingerprint density at radius 3 is 2.07 bits per heavy atom. The van der Waals surface area contributed by atoms with Crippen LogP contribution in [-0.4, -0.2) is 0 Å². The Bertz CT molecular complexity index is 421. The molecular weight excluding hydrogens is 253 g/mol. The van der Waals surface area contributed by atoms with Crippen LogP contribution in [0.3, 0.4) is 0 Å². The summed E-state index contributed by atoms with van der Waals surface area (Å²) in [7, 11) is -11.2. The third-order valence-corrected chi connectivity index (χ3v) is 3.53. The summed E-state index contributed by atoms with van der Waals surface area (Å²) in [6, 6.07) is 6.86. The molecule has 1 unspecified atom stereocenters. The van der Waals surface area contributed by atoms with Crippen molar-refractivity contribution in [1.82, 2.24) is 4.86 Å². The topological polar surface area (TPSA) is 55.4 Å². The van der Waals surface area contributed by atoms with Crippen LogP contribution in [0.25, 0.3) is 0 Å². The van der Waals surface area contributed by atoms with Crippen molar-refractivity contribution in [2.45, 2.75) is 0 Å². The second-order valence-electron chi connectivity index (χ2n) is 2.45. The first-order chi connectivity index (χ1) is 6.79. The van der Waals surface area contributed by atoms with Crippen LogP contribution >= 0.6 is 15.7 Å². The van der Waals surface area contributed by atoms with Gasteiger partial charge in [-0.05, 0) is 12.1 Å². The zero-order chi connectivity index (χ0) is 11.5. The van der Waals surface area contributed by atoms with Gasteiger partial charge in [-0.3, -0.25) is 0 Å². The molecule has 0 saturated heterocycles. The molecule has 0 amide bonds. The summed E-state index contributed by atoms with van der Waals surface area (Å²) in [6.45, 7) is 0. The number of hydrogen-bond acceptors (Lipinski definition) is 3. The second-order valence-corrected chi connectivity index (χ2v) is 5.31. The quantitative estimate of drug-likeness (QED) is 0.836. The molecule has 0 spiro atoms. The molecule has 0 bridgehead atoms. The Labute approximate surface area is 83.7 Å². The first kappa shape index (κ1) is 12.3. The summed E-state index contributed by atoms with van der Waals surface area (Å²) in [5.41, 5.74) is 0. The average molecular weight is 259 g/mol. The summed E-state index contributed by atoms with van der Waals surface area (Å²) in [6.07, 6.45) is 0. The molecule has 84 valence electrons. The molecule has 9 heteroatoms. The van der Waals surface area contributed by atoms with Gasteiger partial charge in [0.25, 0.3) is 0 Å². The molecule has 0 heterocycles. The number of halogens is 3. The third-order valence-electron chi connectivity index (χ3n) is 1.20. The molecule has 15 heavy (non-hydrogen) atoms. The van der Waals surface area contributed by atoms with Crippen molar-refractivity contribution < 1.29 is 26.2 Å². The highest BCUT2D eigenvalue weighted by Crippen LogP contribution is 2.58. The van der Waals surface area contributed by atoms with Gasteiger partial charge in [-0.25, -0.2) is 9.13 Å². The van der Waals surface area contributed by atoms with Gasteiger partial charge in [-0.1, -0.05) is 18.2 Å². The highest BCUT2D eigenvalue weighted by Gasteiger charge is 2.36. The van der Waals surface area contributed by atoms with Crippen LogP contribution in [-0.2, 0) is 9.13 Å². The fourth-order valence-corrected chi connectivity index (χ4v) is 2.45. The second kappa shape index (κ2) is 4.39. The summed E-state index contributed by atoms with van der Waals surface area (Å²) in [4.78, 5) is 0.533. The van der Waals surface area contributed by atoms with Gasteiger partial charge in [0.15, 0.2) is 0 Å². The third kappa shape index (κ3) is 5.02. The first-order valence-corrected chi connectivity index (χ1v) is 6.62. The minimum absolute atomic E-state index is 0.204. The molecule has 1 rings (SSSR count). The lowest BCUT2D eigenvalue weighted by molar-refractivity contribution is 0.420. The number of para-hydroxylation sites is 1. The van der Waals surface area contributed by atoms with Crippen LogP contribution in [0.4, 0.5) is 12.6 Å². The Morgan fingerprint density at radius 2 is 1.60 bits per heavy atom. The lowest BCUT2D eigenvalue weighted by Crippen LogP contribution is -2.03. The van der Waals surface area contributed by atoms with Crippen LogP contribution in [0.1, 0.15) is 0 Å². The normalized spacial score (nSPS) is 15.7. The Hall–Kier alpha value is -0.770. The van der Waals surface area contributed by atoms with E-state index in [0.717, 1.165) is 0 Å². The molecule has 0 aliphatic carbocycles. The van der Waals surface area contributed by atoms with E-state index >= 15 is 0 Å². The van der Waals surface area contributed by atoms with E-state index in [9.17, 15) is 21.7 Å². The maximum absolute atomic E-state index is 12.8. The monoisotopic (exact) mass is 259 g/mol. The highest BCUT2D eigenvalue weighted by atomic mass is 31.3. The van der Waals surface area contributed by atoms with Gasteiger partial charge in [0.05, 0.1) is 0 Å². The van der Waals surface area contributed by atoms with Crippen LogP contribution in [0.2, 0.25) is 0 Å². The lowest BCUT2D eigenvalue weighted by atomic mass is 10.3. The van der Waals surface area contributed by atoms with Gasteiger partial charge < -0.3 is 4.52 Å². The molecular formula is C6H6F3NO3P2. The SMILES string of the molecule is O=P(F)(F)NP(=O)(F)Oc1ccccc1. The maximum Gasteiger partial charge on any atom is 0.506 e. The zero-order valence-electron chi connectivity index (χ0n) is 7.14. The van der Waals surface area contributed by atoms with Crippen molar-refractivity contribution in [3.05, 3.63) is 30.3 Å². The zero-order valence-corrected chi connectivity index (χ0v) is 8.93. The Kier molecular flexibility index (Phi) is 3.60. The molecule has 1 N–H and O–H groups in total. The number of hydrogen-bond donors (Lipinski definition) is 1. The smallest absolute Gasteiger partial charge is 0.410 e. The molecule has 0 fully saturated rings. The van der Waals surface area contributed by atoms with E-state index in [1.807, 2.05) is 0 Å². The van der Waals surface area contributed by atoms with Crippen LogP contribution in [0, 0.1) is 0 Å². The van der Waals surface area contributed by atoms with Crippen molar-refractivity contribution >= 4 is 15.7 Å². The van der Waals surface area contributed by atoms with Crippen molar-refractivity contribution in [2.75, 3.05) is 0 Å². The largest absolute Gasteiger partial charge is 0.506 e. The van der Waals surface area contributed by atoms with E-state index < -0.39 is 15.7 Å². The van der Waals surface area contributed by atoms with E-state index in [4.69, 9.17) is 0 Å². The van der Waals surface area contributed by atoms with Gasteiger partial charge in [0, 0.05) is 0 Å². The molecule has 1 aromatic carbocycles. The van der Waals surface area contributed by atoms with E-state index in [1.165, 1.54) is 24.3 Å². The maximum atomic E-state index is 12.8. The van der Waals surface area contributed by atoms with Gasteiger partial charge >= 0.3 is 15.7 Å². The molecule has 0 aliphatic heterocycles. The van der Waals surface area contributed by atoms with Crippen LogP contribution in [0.15, 0.2) is 30.3 Å². The van der Waals surface area contributed by atoms with E-state index in [1.54, 1.807) is 6.07 Å². The minimum atomic E-state index is -5.94. The van der Waals surface area contributed by atoms with Gasteiger partial charge in [-0.2, -0.15) is 0 Å². The molecule has 1 atom stereocenters. The molecule has 0 aliphatic rings. The fraction of sp³-hybridized carbons (Fsp3) is 0. The number of rotatable bonds is 4. The fourth-order valence-electron chi connectivity index (χ4n) is 0.776. The summed E-state index contributed by atoms with van der Waals surface area (Å²) in [5, 5.41) is 0. The van der Waals surface area contributed by atoms with Crippen molar-refractivity contribution in [1.29, 1.82) is 0 Å². The van der Waals surface area contributed by atoms with Gasteiger partial charge in [0.1, 0.15) is 5.75 Å². The highest BCUT2D eigenvalue weighted by molar-refractivity contribution is 7.67. The molecule has 0 radical (unpaired) electrons. The van der Waals surface area contributed by atoms with Crippen molar-refractivity contribution in [2.24, 2.45) is 0 Å². The standard InChI is InChI=1S/C6H6F3NO3P2/c7-14(8,11)10-15(9,12)13-6-4-2-1-3-5-6/h1-5H,(H,10,11,12). The molecule has 4 nitrogen and oxygen atoms in total. The predicted octanol–water partition coefficient (Wildman–Crippen LogP) is 3.78. The summed E-state index contributed by atoms with van der Waals surface area (Å²) < 4.78 is 61.3. The minimum Gasteiger partial charge on any atom is -0.410 e. The van der Waals surface area contributed by atoms with Gasteiger partial charge in [0.2, 0.25) is 0 Å². The average Bonchev–Trinajstić information content (AvgIpc) is 1.99. The number of nitrogens with one attached hydrogen (secondary N) is 1. The Morgan fingerprint density at radius 1 is 1.07 bits per heavy atom. The van der Waals surface area contributed by atoms with Crippen LogP contribution < -0.4 is 9.38 Å². The Balaban J connectivity index is 2.74. The van der Waals surface area contributed by atoms with E-state index in [2.05, 4.69) is 4.52 Å². The summed E-state index contributed by atoms with van der Waals surface area (Å²) >= 11 is 0. The first-order valence-electron chi connectivity index (χ1n) is 3.62.